The Morgan fingerprint density at radius 1 is 1.53 bits per heavy atom. The summed E-state index contributed by atoms with van der Waals surface area (Å²) >= 11 is 0. The number of hydrogen-bond donors (Lipinski definition) is 2. The highest BCUT2D eigenvalue weighted by molar-refractivity contribution is 5.91. The fourth-order valence-electron chi connectivity index (χ4n) is 1.20. The van der Waals surface area contributed by atoms with E-state index >= 15 is 0 Å². The lowest BCUT2D eigenvalue weighted by atomic mass is 10.3. The van der Waals surface area contributed by atoms with E-state index in [0.717, 1.165) is 0 Å². The van der Waals surface area contributed by atoms with Crippen molar-refractivity contribution in [1.29, 1.82) is 0 Å². The van der Waals surface area contributed by atoms with Gasteiger partial charge in [0.2, 0.25) is 5.89 Å². The summed E-state index contributed by atoms with van der Waals surface area (Å²) in [4.78, 5) is 26.3. The standard InChI is InChI=1S/C10H10N4O3/c1-6-4-11-9(17-6)5-12-10(16)7-2-3-8(15)14-13-7/h2-4H,5H2,1H3,(H,12,16)(H,14,15). The van der Waals surface area contributed by atoms with Crippen molar-refractivity contribution in [3.63, 3.8) is 0 Å². The Labute approximate surface area is 95.9 Å². The average molecular weight is 234 g/mol. The highest BCUT2D eigenvalue weighted by Crippen LogP contribution is 2.01. The summed E-state index contributed by atoms with van der Waals surface area (Å²) in [6, 6.07) is 2.58. The van der Waals surface area contributed by atoms with Crippen molar-refractivity contribution < 1.29 is 9.21 Å². The van der Waals surface area contributed by atoms with Gasteiger partial charge in [-0.15, -0.1) is 0 Å². The summed E-state index contributed by atoms with van der Waals surface area (Å²) in [7, 11) is 0. The van der Waals surface area contributed by atoms with Crippen LogP contribution in [0.5, 0.6) is 0 Å². The third kappa shape index (κ3) is 2.77. The normalized spacial score (nSPS) is 10.2. The lowest BCUT2D eigenvalue weighted by Crippen LogP contribution is -2.25. The molecule has 0 saturated carbocycles. The molecule has 2 aromatic rings. The lowest BCUT2D eigenvalue weighted by molar-refractivity contribution is 0.0941. The molecule has 0 spiro atoms. The minimum Gasteiger partial charge on any atom is -0.444 e. The highest BCUT2D eigenvalue weighted by Gasteiger charge is 2.08. The van der Waals surface area contributed by atoms with Crippen molar-refractivity contribution in [2.45, 2.75) is 13.5 Å². The number of carbonyl (C=O) groups excluding carboxylic acids is 1. The van der Waals surface area contributed by atoms with Gasteiger partial charge in [-0.1, -0.05) is 0 Å². The van der Waals surface area contributed by atoms with Crippen LogP contribution in [0.3, 0.4) is 0 Å². The van der Waals surface area contributed by atoms with Crippen molar-refractivity contribution >= 4 is 5.91 Å². The van der Waals surface area contributed by atoms with Crippen LogP contribution in [-0.4, -0.2) is 21.1 Å². The van der Waals surface area contributed by atoms with E-state index in [1.165, 1.54) is 12.1 Å². The molecule has 7 heteroatoms. The van der Waals surface area contributed by atoms with Gasteiger partial charge >= 0.3 is 0 Å². The maximum absolute atomic E-state index is 11.6. The first kappa shape index (κ1) is 11.1. The highest BCUT2D eigenvalue weighted by atomic mass is 16.4. The number of nitrogens with one attached hydrogen (secondary N) is 2. The lowest BCUT2D eigenvalue weighted by Gasteiger charge is -2.00. The first-order valence-corrected chi connectivity index (χ1v) is 4.90. The number of H-pyrrole nitrogens is 1. The van der Waals surface area contributed by atoms with Gasteiger partial charge < -0.3 is 9.73 Å². The van der Waals surface area contributed by atoms with E-state index in [2.05, 4.69) is 20.5 Å². The third-order valence-electron chi connectivity index (χ3n) is 1.98. The number of rotatable bonds is 3. The molecule has 2 N–H and O–H groups in total. The van der Waals surface area contributed by atoms with Crippen molar-refractivity contribution in [1.82, 2.24) is 20.5 Å². The molecule has 0 atom stereocenters. The van der Waals surface area contributed by atoms with Crippen molar-refractivity contribution in [2.75, 3.05) is 0 Å². The van der Waals surface area contributed by atoms with Crippen molar-refractivity contribution in [3.8, 4) is 0 Å². The number of aromatic nitrogens is 3. The number of oxazole rings is 1. The van der Waals surface area contributed by atoms with Crippen molar-refractivity contribution in [2.24, 2.45) is 0 Å². The minimum atomic E-state index is -0.405. The van der Waals surface area contributed by atoms with Gasteiger partial charge in [0.1, 0.15) is 11.5 Å². The quantitative estimate of drug-likeness (QED) is 0.778. The summed E-state index contributed by atoms with van der Waals surface area (Å²) < 4.78 is 5.18. The molecule has 2 heterocycles. The first-order chi connectivity index (χ1) is 8.15. The number of amides is 1. The van der Waals surface area contributed by atoms with E-state index in [1.54, 1.807) is 13.1 Å². The van der Waals surface area contributed by atoms with E-state index in [-0.39, 0.29) is 17.8 Å². The molecular weight excluding hydrogens is 224 g/mol. The molecule has 0 fully saturated rings. The van der Waals surface area contributed by atoms with Crippen LogP contribution >= 0.6 is 0 Å². The molecular formula is C10H10N4O3. The predicted molar refractivity (Wildman–Crippen MR) is 57.3 cm³/mol. The Morgan fingerprint density at radius 2 is 2.35 bits per heavy atom. The molecule has 0 unspecified atom stereocenters. The van der Waals surface area contributed by atoms with Crippen LogP contribution in [-0.2, 0) is 6.54 Å². The smallest absolute Gasteiger partial charge is 0.272 e. The molecule has 1 amide bonds. The Balaban J connectivity index is 1.98. The second-order valence-corrected chi connectivity index (χ2v) is 3.35. The van der Waals surface area contributed by atoms with E-state index in [0.29, 0.717) is 11.7 Å². The van der Waals surface area contributed by atoms with E-state index in [4.69, 9.17) is 4.42 Å². The predicted octanol–water partition coefficient (Wildman–Crippen LogP) is -0.00368. The molecule has 7 nitrogen and oxygen atoms in total. The van der Waals surface area contributed by atoms with Gasteiger partial charge in [0.05, 0.1) is 12.7 Å². The molecule has 0 aliphatic heterocycles. The molecule has 2 rings (SSSR count). The van der Waals surface area contributed by atoms with Gasteiger partial charge in [0, 0.05) is 6.07 Å². The average Bonchev–Trinajstić information content (AvgIpc) is 2.73. The first-order valence-electron chi connectivity index (χ1n) is 4.90. The Bertz CT molecular complexity index is 567. The Morgan fingerprint density at radius 3 is 2.94 bits per heavy atom. The van der Waals surface area contributed by atoms with Crippen molar-refractivity contribution in [3.05, 3.63) is 46.0 Å². The topological polar surface area (TPSA) is 101 Å². The number of carbonyl (C=O) groups is 1. The largest absolute Gasteiger partial charge is 0.444 e. The molecule has 0 aliphatic rings. The van der Waals surface area contributed by atoms with Crippen LogP contribution in [0.4, 0.5) is 0 Å². The summed E-state index contributed by atoms with van der Waals surface area (Å²) in [5.41, 5.74) is -0.224. The fourth-order valence-corrected chi connectivity index (χ4v) is 1.20. The van der Waals surface area contributed by atoms with Crippen LogP contribution in [0.2, 0.25) is 0 Å². The van der Waals surface area contributed by atoms with E-state index < -0.39 is 5.91 Å². The van der Waals surface area contributed by atoms with Gasteiger partial charge in [0.15, 0.2) is 0 Å². The van der Waals surface area contributed by atoms with E-state index in [1.807, 2.05) is 0 Å². The molecule has 0 radical (unpaired) electrons. The van der Waals surface area contributed by atoms with Gasteiger partial charge in [-0.2, -0.15) is 5.10 Å². The van der Waals surface area contributed by atoms with Crippen LogP contribution in [0, 0.1) is 6.92 Å². The molecule has 17 heavy (non-hydrogen) atoms. The molecule has 0 aliphatic carbocycles. The maximum Gasteiger partial charge on any atom is 0.272 e. The zero-order chi connectivity index (χ0) is 12.3. The number of aromatic amines is 1. The maximum atomic E-state index is 11.6. The second-order valence-electron chi connectivity index (χ2n) is 3.35. The van der Waals surface area contributed by atoms with Crippen LogP contribution in [0.15, 0.2) is 27.5 Å². The molecule has 88 valence electrons. The van der Waals surface area contributed by atoms with Gasteiger partial charge in [-0.05, 0) is 13.0 Å². The summed E-state index contributed by atoms with van der Waals surface area (Å²) in [5.74, 6) is 0.689. The van der Waals surface area contributed by atoms with Crippen LogP contribution < -0.4 is 10.9 Å². The zero-order valence-corrected chi connectivity index (χ0v) is 9.06. The molecule has 0 saturated heterocycles. The van der Waals surface area contributed by atoms with Crippen LogP contribution in [0.25, 0.3) is 0 Å². The van der Waals surface area contributed by atoms with Gasteiger partial charge in [0.25, 0.3) is 11.5 Å². The summed E-state index contributed by atoms with van der Waals surface area (Å²) in [5, 5.41) is 8.34. The zero-order valence-electron chi connectivity index (χ0n) is 9.06. The molecule has 0 aromatic carbocycles. The minimum absolute atomic E-state index is 0.132. The summed E-state index contributed by atoms with van der Waals surface area (Å²) in [6.07, 6.45) is 1.57. The molecule has 0 bridgehead atoms. The summed E-state index contributed by atoms with van der Waals surface area (Å²) in [6.45, 7) is 1.94. The Kier molecular flexibility index (Phi) is 2.99. The Hall–Kier alpha value is -2.44. The molecule has 2 aromatic heterocycles. The van der Waals surface area contributed by atoms with E-state index in [9.17, 15) is 9.59 Å². The van der Waals surface area contributed by atoms with Gasteiger partial charge in [-0.25, -0.2) is 10.1 Å². The number of nitrogens with zero attached hydrogens (tertiary/aromatic N) is 2. The number of hydrogen-bond acceptors (Lipinski definition) is 5. The number of aryl methyl sites for hydroxylation is 1. The van der Waals surface area contributed by atoms with Crippen LogP contribution in [0.1, 0.15) is 22.1 Å². The SMILES string of the molecule is Cc1cnc(CNC(=O)c2ccc(=O)[nH]n2)o1. The monoisotopic (exact) mass is 234 g/mol. The fraction of sp³-hybridized carbons (Fsp3) is 0.200. The second kappa shape index (κ2) is 4.60. The third-order valence-corrected chi connectivity index (χ3v) is 1.98. The van der Waals surface area contributed by atoms with Gasteiger partial charge in [-0.3, -0.25) is 9.59 Å².